The number of benzene rings is 2. The van der Waals surface area contributed by atoms with Crippen molar-refractivity contribution in [1.29, 1.82) is 0 Å². The number of esters is 1. The Hall–Kier alpha value is -2.75. The number of hydrogen-bond acceptors (Lipinski definition) is 3. The highest BCUT2D eigenvalue weighted by molar-refractivity contribution is 5.86. The van der Waals surface area contributed by atoms with Crippen molar-refractivity contribution in [2.24, 2.45) is 0 Å². The molecular formula is C18H17NO3. The van der Waals surface area contributed by atoms with Crippen molar-refractivity contribution in [1.82, 2.24) is 4.98 Å². The lowest BCUT2D eigenvalue weighted by atomic mass is 10.1. The van der Waals surface area contributed by atoms with Crippen molar-refractivity contribution in [3.63, 3.8) is 0 Å². The molecule has 0 saturated heterocycles. The molecule has 4 heteroatoms. The van der Waals surface area contributed by atoms with Crippen LogP contribution >= 0.6 is 0 Å². The van der Waals surface area contributed by atoms with Gasteiger partial charge in [-0.2, -0.15) is 0 Å². The van der Waals surface area contributed by atoms with Gasteiger partial charge < -0.3 is 14.5 Å². The van der Waals surface area contributed by atoms with Crippen molar-refractivity contribution in [2.45, 2.75) is 20.1 Å². The molecule has 2 aromatic carbocycles. The van der Waals surface area contributed by atoms with Gasteiger partial charge >= 0.3 is 5.97 Å². The van der Waals surface area contributed by atoms with Crippen LogP contribution in [-0.4, -0.2) is 11.0 Å². The van der Waals surface area contributed by atoms with Crippen LogP contribution in [0, 0.1) is 0 Å². The van der Waals surface area contributed by atoms with Gasteiger partial charge in [0.15, 0.2) is 0 Å². The van der Waals surface area contributed by atoms with E-state index in [0.29, 0.717) is 6.61 Å². The minimum Gasteiger partial charge on any atom is -0.488 e. The van der Waals surface area contributed by atoms with E-state index < -0.39 is 0 Å². The average Bonchev–Trinajstić information content (AvgIpc) is 3.00. The second-order valence-corrected chi connectivity index (χ2v) is 5.09. The molecule has 112 valence electrons. The first-order valence-electron chi connectivity index (χ1n) is 7.12. The highest BCUT2D eigenvalue weighted by Crippen LogP contribution is 2.28. The molecule has 0 atom stereocenters. The number of H-pyrrole nitrogens is 1. The number of hydrogen-bond donors (Lipinski definition) is 1. The van der Waals surface area contributed by atoms with Crippen molar-refractivity contribution in [3.8, 4) is 5.75 Å². The van der Waals surface area contributed by atoms with E-state index in [2.05, 4.69) is 4.98 Å². The predicted octanol–water partition coefficient (Wildman–Crippen LogP) is 3.81. The number of carbonyl (C=O) groups excluding carboxylic acids is 1. The Morgan fingerprint density at radius 2 is 1.86 bits per heavy atom. The minimum absolute atomic E-state index is 0.242. The lowest BCUT2D eigenvalue weighted by Crippen LogP contribution is -2.00. The van der Waals surface area contributed by atoms with Crippen molar-refractivity contribution in [3.05, 3.63) is 65.9 Å². The Morgan fingerprint density at radius 3 is 2.64 bits per heavy atom. The van der Waals surface area contributed by atoms with Gasteiger partial charge in [0.25, 0.3) is 0 Å². The lowest BCUT2D eigenvalue weighted by Gasteiger charge is -2.10. The predicted molar refractivity (Wildman–Crippen MR) is 84.5 cm³/mol. The first-order valence-corrected chi connectivity index (χ1v) is 7.12. The van der Waals surface area contributed by atoms with Crippen LogP contribution in [-0.2, 0) is 22.7 Å². The summed E-state index contributed by atoms with van der Waals surface area (Å²) in [5.74, 6) is 0.489. The molecule has 0 fully saturated rings. The van der Waals surface area contributed by atoms with Gasteiger partial charge in [-0.25, -0.2) is 0 Å². The Labute approximate surface area is 128 Å². The lowest BCUT2D eigenvalue weighted by molar-refractivity contribution is -0.142. The summed E-state index contributed by atoms with van der Waals surface area (Å²) in [6.07, 6.45) is 1.87. The van der Waals surface area contributed by atoms with E-state index in [9.17, 15) is 4.79 Å². The fraction of sp³-hybridized carbons (Fsp3) is 0.167. The number of carbonyl (C=O) groups is 1. The van der Waals surface area contributed by atoms with Crippen molar-refractivity contribution >= 4 is 16.9 Å². The van der Waals surface area contributed by atoms with Gasteiger partial charge in [0, 0.05) is 24.0 Å². The molecule has 0 aliphatic heterocycles. The van der Waals surface area contributed by atoms with E-state index in [1.165, 1.54) is 6.92 Å². The molecule has 1 N–H and O–H groups in total. The molecule has 0 spiro atoms. The van der Waals surface area contributed by atoms with Gasteiger partial charge in [-0.3, -0.25) is 4.79 Å². The zero-order chi connectivity index (χ0) is 15.4. The van der Waals surface area contributed by atoms with Crippen LogP contribution in [0.1, 0.15) is 18.1 Å². The maximum absolute atomic E-state index is 11.0. The Morgan fingerprint density at radius 1 is 1.05 bits per heavy atom. The SMILES string of the molecule is CC(=O)OCc1cc(OCc2ccccc2)c2cc[nH]c2c1. The molecule has 1 heterocycles. The van der Waals surface area contributed by atoms with E-state index in [1.807, 2.05) is 54.7 Å². The summed E-state index contributed by atoms with van der Waals surface area (Å²) in [5, 5.41) is 1.02. The van der Waals surface area contributed by atoms with E-state index in [0.717, 1.165) is 27.8 Å². The summed E-state index contributed by atoms with van der Waals surface area (Å²) >= 11 is 0. The minimum atomic E-state index is -0.293. The topological polar surface area (TPSA) is 51.3 Å². The second kappa shape index (κ2) is 6.35. The highest BCUT2D eigenvalue weighted by atomic mass is 16.5. The standard InChI is InChI=1S/C18H17NO3/c1-13(20)21-12-15-9-17-16(7-8-19-17)18(10-15)22-11-14-5-3-2-4-6-14/h2-10,19H,11-12H2,1H3. The van der Waals surface area contributed by atoms with Crippen molar-refractivity contribution in [2.75, 3.05) is 0 Å². The zero-order valence-corrected chi connectivity index (χ0v) is 12.3. The number of rotatable bonds is 5. The summed E-state index contributed by atoms with van der Waals surface area (Å²) in [6.45, 7) is 2.14. The molecule has 0 radical (unpaired) electrons. The number of fused-ring (bicyclic) bond motifs is 1. The van der Waals surface area contributed by atoms with Gasteiger partial charge in [-0.15, -0.1) is 0 Å². The monoisotopic (exact) mass is 295 g/mol. The summed E-state index contributed by atoms with van der Waals surface area (Å²) in [7, 11) is 0. The average molecular weight is 295 g/mol. The molecule has 0 unspecified atom stereocenters. The molecule has 0 saturated carbocycles. The Bertz CT molecular complexity index is 777. The van der Waals surface area contributed by atoms with Crippen LogP contribution in [0.3, 0.4) is 0 Å². The molecular weight excluding hydrogens is 278 g/mol. The van der Waals surface area contributed by atoms with Crippen LogP contribution in [0.4, 0.5) is 0 Å². The molecule has 3 aromatic rings. The summed E-state index contributed by atoms with van der Waals surface area (Å²) in [5.41, 5.74) is 2.97. The second-order valence-electron chi connectivity index (χ2n) is 5.09. The largest absolute Gasteiger partial charge is 0.488 e. The number of nitrogens with one attached hydrogen (secondary N) is 1. The van der Waals surface area contributed by atoms with E-state index in [1.54, 1.807) is 0 Å². The Kier molecular flexibility index (Phi) is 4.10. The number of aromatic nitrogens is 1. The first kappa shape index (κ1) is 14.2. The van der Waals surface area contributed by atoms with Crippen LogP contribution in [0.5, 0.6) is 5.75 Å². The van der Waals surface area contributed by atoms with E-state index >= 15 is 0 Å². The van der Waals surface area contributed by atoms with Crippen LogP contribution < -0.4 is 4.74 Å². The molecule has 3 rings (SSSR count). The first-order chi connectivity index (χ1) is 10.7. The molecule has 0 aliphatic rings. The zero-order valence-electron chi connectivity index (χ0n) is 12.3. The third kappa shape index (κ3) is 3.28. The number of ether oxygens (including phenoxy) is 2. The fourth-order valence-electron chi connectivity index (χ4n) is 2.31. The summed E-state index contributed by atoms with van der Waals surface area (Å²) in [4.78, 5) is 14.1. The molecule has 0 amide bonds. The third-order valence-electron chi connectivity index (χ3n) is 3.37. The Balaban J connectivity index is 1.83. The van der Waals surface area contributed by atoms with Crippen molar-refractivity contribution < 1.29 is 14.3 Å². The highest BCUT2D eigenvalue weighted by Gasteiger charge is 2.08. The molecule has 0 bridgehead atoms. The summed E-state index contributed by atoms with van der Waals surface area (Å²) in [6, 6.07) is 15.9. The molecule has 22 heavy (non-hydrogen) atoms. The summed E-state index contributed by atoms with van der Waals surface area (Å²) < 4.78 is 11.0. The van der Waals surface area contributed by atoms with Gasteiger partial charge in [0.1, 0.15) is 19.0 Å². The van der Waals surface area contributed by atoms with Crippen LogP contribution in [0.2, 0.25) is 0 Å². The third-order valence-corrected chi connectivity index (χ3v) is 3.37. The number of aromatic amines is 1. The molecule has 4 nitrogen and oxygen atoms in total. The molecule has 1 aromatic heterocycles. The van der Waals surface area contributed by atoms with Crippen LogP contribution in [0.15, 0.2) is 54.7 Å². The van der Waals surface area contributed by atoms with Gasteiger partial charge in [-0.05, 0) is 29.3 Å². The van der Waals surface area contributed by atoms with E-state index in [4.69, 9.17) is 9.47 Å². The van der Waals surface area contributed by atoms with Gasteiger partial charge in [0.2, 0.25) is 0 Å². The van der Waals surface area contributed by atoms with Crippen LogP contribution in [0.25, 0.3) is 10.9 Å². The maximum Gasteiger partial charge on any atom is 0.302 e. The maximum atomic E-state index is 11.0. The van der Waals surface area contributed by atoms with Gasteiger partial charge in [0.05, 0.1) is 0 Å². The fourth-order valence-corrected chi connectivity index (χ4v) is 2.31. The van der Waals surface area contributed by atoms with Gasteiger partial charge in [-0.1, -0.05) is 30.3 Å². The van der Waals surface area contributed by atoms with E-state index in [-0.39, 0.29) is 12.6 Å². The smallest absolute Gasteiger partial charge is 0.302 e. The normalized spacial score (nSPS) is 10.6. The quantitative estimate of drug-likeness (QED) is 0.728. The molecule has 0 aliphatic carbocycles.